The molecule has 0 aliphatic heterocycles. The lowest BCUT2D eigenvalue weighted by Crippen LogP contribution is -2.14. The number of anilines is 1. The topological polar surface area (TPSA) is 85.1 Å². The van der Waals surface area contributed by atoms with Crippen LogP contribution in [0.2, 0.25) is 10.0 Å². The van der Waals surface area contributed by atoms with E-state index in [1.165, 1.54) is 24.3 Å². The highest BCUT2D eigenvalue weighted by Crippen LogP contribution is 2.25. The van der Waals surface area contributed by atoms with Gasteiger partial charge in [0, 0.05) is 6.07 Å². The van der Waals surface area contributed by atoms with Crippen molar-refractivity contribution in [3.8, 4) is 0 Å². The Bertz CT molecular complexity index is 654. The van der Waals surface area contributed by atoms with Crippen LogP contribution in [-0.2, 0) is 0 Å². The van der Waals surface area contributed by atoms with Gasteiger partial charge in [0.1, 0.15) is 12.0 Å². The maximum atomic E-state index is 12.0. The van der Waals surface area contributed by atoms with Crippen molar-refractivity contribution in [2.45, 2.75) is 0 Å². The predicted molar refractivity (Wildman–Crippen MR) is 75.3 cm³/mol. The van der Waals surface area contributed by atoms with E-state index in [2.05, 4.69) is 10.3 Å². The van der Waals surface area contributed by atoms with Crippen LogP contribution in [0, 0.1) is 10.1 Å². The quantitative estimate of drug-likeness (QED) is 0.693. The Morgan fingerprint density at radius 2 is 1.85 bits per heavy atom. The molecule has 1 aromatic heterocycles. The van der Waals surface area contributed by atoms with Gasteiger partial charge in [-0.25, -0.2) is 4.98 Å². The van der Waals surface area contributed by atoms with Gasteiger partial charge in [-0.05, 0) is 18.2 Å². The molecule has 0 spiro atoms. The van der Waals surface area contributed by atoms with E-state index in [1.54, 1.807) is 6.07 Å². The van der Waals surface area contributed by atoms with E-state index in [4.69, 9.17) is 23.2 Å². The molecule has 2 rings (SSSR count). The molecule has 0 aliphatic carbocycles. The first-order valence-electron chi connectivity index (χ1n) is 5.35. The maximum Gasteiger partial charge on any atom is 0.287 e. The summed E-state index contributed by atoms with van der Waals surface area (Å²) in [5.41, 5.74) is -0.0465. The zero-order valence-corrected chi connectivity index (χ0v) is 11.4. The molecule has 2 aromatic rings. The summed E-state index contributed by atoms with van der Waals surface area (Å²) in [5.74, 6) is -0.376. The average Bonchev–Trinajstić information content (AvgIpc) is 2.39. The standard InChI is InChI=1S/C12H7Cl2N3O3/c13-8-2-1-3-9(14)11(8)12(18)16-10-5-4-7(6-15-10)17(19)20/h1-6H,(H,15,16,18). The Balaban J connectivity index is 2.21. The molecule has 6 nitrogen and oxygen atoms in total. The van der Waals surface area contributed by atoms with Gasteiger partial charge in [-0.15, -0.1) is 0 Å². The molecule has 0 saturated carbocycles. The number of benzene rings is 1. The monoisotopic (exact) mass is 311 g/mol. The van der Waals surface area contributed by atoms with E-state index in [-0.39, 0.29) is 27.1 Å². The van der Waals surface area contributed by atoms with Gasteiger partial charge < -0.3 is 5.32 Å². The van der Waals surface area contributed by atoms with Crippen LogP contribution < -0.4 is 5.32 Å². The minimum Gasteiger partial charge on any atom is -0.306 e. The van der Waals surface area contributed by atoms with Crippen LogP contribution in [0.4, 0.5) is 11.5 Å². The van der Waals surface area contributed by atoms with Crippen LogP contribution in [0.25, 0.3) is 0 Å². The third-order valence-electron chi connectivity index (χ3n) is 2.39. The SMILES string of the molecule is O=C(Nc1ccc([N+](=O)[O-])cn1)c1c(Cl)cccc1Cl. The van der Waals surface area contributed by atoms with Gasteiger partial charge in [-0.1, -0.05) is 29.3 Å². The molecule has 102 valence electrons. The summed E-state index contributed by atoms with van der Waals surface area (Å²) in [6.07, 6.45) is 1.05. The number of hydrogen-bond donors (Lipinski definition) is 1. The molecule has 0 radical (unpaired) electrons. The predicted octanol–water partition coefficient (Wildman–Crippen LogP) is 3.55. The van der Waals surface area contributed by atoms with Crippen molar-refractivity contribution in [1.82, 2.24) is 4.98 Å². The molecular formula is C12H7Cl2N3O3. The number of nitrogens with zero attached hydrogens (tertiary/aromatic N) is 2. The lowest BCUT2D eigenvalue weighted by Gasteiger charge is -2.07. The summed E-state index contributed by atoms with van der Waals surface area (Å²) in [6.45, 7) is 0. The molecule has 1 amide bonds. The van der Waals surface area contributed by atoms with Crippen molar-refractivity contribution in [2.75, 3.05) is 5.32 Å². The largest absolute Gasteiger partial charge is 0.306 e. The van der Waals surface area contributed by atoms with Crippen molar-refractivity contribution in [1.29, 1.82) is 0 Å². The second-order valence-corrected chi connectivity index (χ2v) is 4.52. The van der Waals surface area contributed by atoms with Crippen LogP contribution in [0.1, 0.15) is 10.4 Å². The lowest BCUT2D eigenvalue weighted by atomic mass is 10.2. The smallest absolute Gasteiger partial charge is 0.287 e. The second-order valence-electron chi connectivity index (χ2n) is 3.71. The number of carbonyl (C=O) groups is 1. The van der Waals surface area contributed by atoms with Crippen LogP contribution >= 0.6 is 23.2 Å². The van der Waals surface area contributed by atoms with Crippen molar-refractivity contribution in [3.05, 3.63) is 62.3 Å². The third-order valence-corrected chi connectivity index (χ3v) is 3.02. The zero-order valence-electron chi connectivity index (χ0n) is 9.84. The summed E-state index contributed by atoms with van der Waals surface area (Å²) in [5, 5.41) is 13.4. The van der Waals surface area contributed by atoms with Gasteiger partial charge in [0.15, 0.2) is 0 Å². The Labute approximate surface area is 123 Å². The molecule has 0 fully saturated rings. The number of nitrogens with one attached hydrogen (secondary N) is 1. The fourth-order valence-electron chi connectivity index (χ4n) is 1.46. The van der Waals surface area contributed by atoms with Crippen molar-refractivity contribution >= 4 is 40.6 Å². The normalized spacial score (nSPS) is 10.1. The zero-order chi connectivity index (χ0) is 14.7. The molecular weight excluding hydrogens is 305 g/mol. The lowest BCUT2D eigenvalue weighted by molar-refractivity contribution is -0.385. The van der Waals surface area contributed by atoms with Crippen LogP contribution in [0.5, 0.6) is 0 Å². The minimum atomic E-state index is -0.580. The van der Waals surface area contributed by atoms with Gasteiger partial charge in [-0.2, -0.15) is 0 Å². The maximum absolute atomic E-state index is 12.0. The summed E-state index contributed by atoms with van der Waals surface area (Å²) in [7, 11) is 0. The minimum absolute atomic E-state index is 0.121. The van der Waals surface area contributed by atoms with E-state index in [1.807, 2.05) is 0 Å². The molecule has 1 N–H and O–H groups in total. The van der Waals surface area contributed by atoms with Crippen molar-refractivity contribution < 1.29 is 9.72 Å². The Kier molecular flexibility index (Phi) is 4.16. The summed E-state index contributed by atoms with van der Waals surface area (Å²) >= 11 is 11.8. The van der Waals surface area contributed by atoms with Gasteiger partial charge in [0.2, 0.25) is 0 Å². The van der Waals surface area contributed by atoms with E-state index in [0.29, 0.717) is 0 Å². The van der Waals surface area contributed by atoms with E-state index >= 15 is 0 Å². The summed E-state index contributed by atoms with van der Waals surface area (Å²) in [6, 6.07) is 7.24. The first-order chi connectivity index (χ1) is 9.49. The fourth-order valence-corrected chi connectivity index (χ4v) is 2.03. The summed E-state index contributed by atoms with van der Waals surface area (Å²) < 4.78 is 0. The van der Waals surface area contributed by atoms with Crippen LogP contribution in [0.3, 0.4) is 0 Å². The number of carbonyl (C=O) groups excluding carboxylic acids is 1. The number of amides is 1. The number of aromatic nitrogens is 1. The fraction of sp³-hybridized carbons (Fsp3) is 0. The van der Waals surface area contributed by atoms with E-state index in [0.717, 1.165) is 6.20 Å². The first-order valence-corrected chi connectivity index (χ1v) is 6.10. The van der Waals surface area contributed by atoms with Crippen molar-refractivity contribution in [3.63, 3.8) is 0 Å². The highest BCUT2D eigenvalue weighted by Gasteiger charge is 2.15. The summed E-state index contributed by atoms with van der Waals surface area (Å²) in [4.78, 5) is 25.7. The molecule has 1 heterocycles. The van der Waals surface area contributed by atoms with Gasteiger partial charge in [-0.3, -0.25) is 14.9 Å². The number of rotatable bonds is 3. The van der Waals surface area contributed by atoms with Gasteiger partial charge in [0.05, 0.1) is 20.5 Å². The number of nitro groups is 1. The van der Waals surface area contributed by atoms with Crippen LogP contribution in [-0.4, -0.2) is 15.8 Å². The first kappa shape index (κ1) is 14.2. The van der Waals surface area contributed by atoms with Crippen molar-refractivity contribution in [2.24, 2.45) is 0 Å². The molecule has 1 aromatic carbocycles. The Hall–Kier alpha value is -2.18. The average molecular weight is 312 g/mol. The number of halogens is 2. The molecule has 0 unspecified atom stereocenters. The highest BCUT2D eigenvalue weighted by molar-refractivity contribution is 6.40. The molecule has 0 bridgehead atoms. The van der Waals surface area contributed by atoms with Gasteiger partial charge >= 0.3 is 0 Å². The molecule has 0 aliphatic rings. The molecule has 0 saturated heterocycles. The Morgan fingerprint density at radius 3 is 2.35 bits per heavy atom. The third kappa shape index (κ3) is 3.04. The second kappa shape index (κ2) is 5.85. The van der Waals surface area contributed by atoms with E-state index < -0.39 is 10.8 Å². The Morgan fingerprint density at radius 1 is 1.20 bits per heavy atom. The van der Waals surface area contributed by atoms with Gasteiger partial charge in [0.25, 0.3) is 11.6 Å². The molecule has 8 heteroatoms. The highest BCUT2D eigenvalue weighted by atomic mass is 35.5. The molecule has 0 atom stereocenters. The van der Waals surface area contributed by atoms with Crippen LogP contribution in [0.15, 0.2) is 36.5 Å². The number of hydrogen-bond acceptors (Lipinski definition) is 4. The van der Waals surface area contributed by atoms with E-state index in [9.17, 15) is 14.9 Å². The molecule has 20 heavy (non-hydrogen) atoms. The number of pyridine rings is 1.